The van der Waals surface area contributed by atoms with E-state index in [0.29, 0.717) is 0 Å². The Morgan fingerprint density at radius 2 is 1.88 bits per heavy atom. The molecule has 0 aromatic heterocycles. The van der Waals surface area contributed by atoms with Crippen molar-refractivity contribution in [2.75, 3.05) is 14.2 Å². The molecule has 17 heavy (non-hydrogen) atoms. The van der Waals surface area contributed by atoms with Gasteiger partial charge >= 0.3 is 12.3 Å². The second kappa shape index (κ2) is 4.94. The van der Waals surface area contributed by atoms with Gasteiger partial charge in [-0.3, -0.25) is 0 Å². The molecule has 7 heteroatoms. The third-order valence-electron chi connectivity index (χ3n) is 1.82. The van der Waals surface area contributed by atoms with Crippen molar-refractivity contribution in [3.8, 4) is 11.5 Å². The number of para-hydroxylation sites is 1. The Labute approximate surface area is 94.9 Å². The number of esters is 1. The van der Waals surface area contributed by atoms with E-state index < -0.39 is 18.1 Å². The summed E-state index contributed by atoms with van der Waals surface area (Å²) in [5, 5.41) is 0. The number of halogens is 3. The van der Waals surface area contributed by atoms with Crippen LogP contribution in [0.25, 0.3) is 0 Å². The highest BCUT2D eigenvalue weighted by atomic mass is 19.4. The molecule has 0 amide bonds. The van der Waals surface area contributed by atoms with Crippen molar-refractivity contribution in [3.63, 3.8) is 0 Å². The van der Waals surface area contributed by atoms with Crippen LogP contribution in [0.5, 0.6) is 11.5 Å². The summed E-state index contributed by atoms with van der Waals surface area (Å²) in [5.41, 5.74) is -0.357. The Morgan fingerprint density at radius 1 is 1.24 bits per heavy atom. The number of methoxy groups -OCH3 is 2. The number of ether oxygens (including phenoxy) is 3. The highest BCUT2D eigenvalue weighted by Crippen LogP contribution is 2.35. The van der Waals surface area contributed by atoms with E-state index in [1.807, 2.05) is 0 Å². The van der Waals surface area contributed by atoms with E-state index in [2.05, 4.69) is 9.47 Å². The molecule has 1 rings (SSSR count). The van der Waals surface area contributed by atoms with Gasteiger partial charge in [-0.2, -0.15) is 0 Å². The zero-order valence-corrected chi connectivity index (χ0v) is 9.00. The molecule has 0 aliphatic carbocycles. The summed E-state index contributed by atoms with van der Waals surface area (Å²) in [6.07, 6.45) is -4.92. The summed E-state index contributed by atoms with van der Waals surface area (Å²) in [4.78, 5) is 11.3. The first-order valence-electron chi connectivity index (χ1n) is 4.40. The number of benzene rings is 1. The van der Waals surface area contributed by atoms with Crippen molar-refractivity contribution in [2.45, 2.75) is 6.36 Å². The van der Waals surface area contributed by atoms with Gasteiger partial charge in [-0.15, -0.1) is 13.2 Å². The predicted molar refractivity (Wildman–Crippen MR) is 51.0 cm³/mol. The number of carbonyl (C=O) groups is 1. The molecule has 0 bridgehead atoms. The van der Waals surface area contributed by atoms with Crippen molar-refractivity contribution >= 4 is 5.97 Å². The SMILES string of the molecule is COC(=O)c1cccc(OC)c1OC(F)(F)F. The average Bonchev–Trinajstić information content (AvgIpc) is 2.26. The summed E-state index contributed by atoms with van der Waals surface area (Å²) in [7, 11) is 2.22. The lowest BCUT2D eigenvalue weighted by atomic mass is 10.2. The van der Waals surface area contributed by atoms with Gasteiger partial charge in [-0.25, -0.2) is 4.79 Å². The van der Waals surface area contributed by atoms with Crippen LogP contribution in [0.3, 0.4) is 0 Å². The van der Waals surface area contributed by atoms with Crippen LogP contribution >= 0.6 is 0 Å². The number of rotatable bonds is 3. The third-order valence-corrected chi connectivity index (χ3v) is 1.82. The van der Waals surface area contributed by atoms with Gasteiger partial charge in [0.1, 0.15) is 5.56 Å². The number of carbonyl (C=O) groups excluding carboxylic acids is 1. The quantitative estimate of drug-likeness (QED) is 0.772. The van der Waals surface area contributed by atoms with Crippen LogP contribution in [-0.4, -0.2) is 26.6 Å². The fourth-order valence-electron chi connectivity index (χ4n) is 1.17. The molecule has 0 heterocycles. The van der Waals surface area contributed by atoms with E-state index in [1.165, 1.54) is 19.2 Å². The van der Waals surface area contributed by atoms with Crippen molar-refractivity contribution in [1.82, 2.24) is 0 Å². The van der Waals surface area contributed by atoms with E-state index >= 15 is 0 Å². The van der Waals surface area contributed by atoms with Gasteiger partial charge in [0.15, 0.2) is 11.5 Å². The van der Waals surface area contributed by atoms with E-state index in [4.69, 9.17) is 4.74 Å². The van der Waals surface area contributed by atoms with Gasteiger partial charge in [0.2, 0.25) is 0 Å². The van der Waals surface area contributed by atoms with Crippen molar-refractivity contribution in [2.24, 2.45) is 0 Å². The molecule has 94 valence electrons. The average molecular weight is 250 g/mol. The summed E-state index contributed by atoms with van der Waals surface area (Å²) >= 11 is 0. The molecule has 0 unspecified atom stereocenters. The standard InChI is InChI=1S/C10H9F3O4/c1-15-7-5-3-4-6(9(14)16-2)8(7)17-10(11,12)13/h3-5H,1-2H3. The van der Waals surface area contributed by atoms with Crippen molar-refractivity contribution in [3.05, 3.63) is 23.8 Å². The predicted octanol–water partition coefficient (Wildman–Crippen LogP) is 2.38. The Balaban J connectivity index is 3.25. The zero-order valence-electron chi connectivity index (χ0n) is 9.00. The Morgan fingerprint density at radius 3 is 2.35 bits per heavy atom. The Kier molecular flexibility index (Phi) is 3.82. The van der Waals surface area contributed by atoms with E-state index in [1.54, 1.807) is 0 Å². The van der Waals surface area contributed by atoms with E-state index in [0.717, 1.165) is 13.2 Å². The Bertz CT molecular complexity index is 415. The first-order valence-corrected chi connectivity index (χ1v) is 4.40. The number of hydrogen-bond donors (Lipinski definition) is 0. The number of alkyl halides is 3. The minimum absolute atomic E-state index is 0.203. The summed E-state index contributed by atoms with van der Waals surface area (Å²) < 4.78 is 49.3. The molecule has 0 N–H and O–H groups in total. The maximum Gasteiger partial charge on any atom is 0.573 e. The first kappa shape index (κ1) is 13.1. The summed E-state index contributed by atoms with van der Waals surface area (Å²) in [6.45, 7) is 0. The Hall–Kier alpha value is -1.92. The number of hydrogen-bond acceptors (Lipinski definition) is 4. The van der Waals surface area contributed by atoms with Crippen molar-refractivity contribution in [1.29, 1.82) is 0 Å². The van der Waals surface area contributed by atoms with Crippen LogP contribution in [0.2, 0.25) is 0 Å². The fourth-order valence-corrected chi connectivity index (χ4v) is 1.17. The molecule has 1 aromatic rings. The summed E-state index contributed by atoms with van der Waals surface area (Å²) in [5.74, 6) is -1.86. The lowest BCUT2D eigenvalue weighted by Crippen LogP contribution is -2.20. The van der Waals surface area contributed by atoms with Crippen LogP contribution in [0.1, 0.15) is 10.4 Å². The fraction of sp³-hybridized carbons (Fsp3) is 0.300. The van der Waals surface area contributed by atoms with Gasteiger partial charge in [0.05, 0.1) is 14.2 Å². The van der Waals surface area contributed by atoms with Crippen LogP contribution < -0.4 is 9.47 Å². The molecule has 0 saturated heterocycles. The normalized spacial score (nSPS) is 10.9. The van der Waals surface area contributed by atoms with Crippen LogP contribution in [0, 0.1) is 0 Å². The minimum atomic E-state index is -4.92. The topological polar surface area (TPSA) is 44.8 Å². The smallest absolute Gasteiger partial charge is 0.493 e. The molecule has 0 radical (unpaired) electrons. The monoisotopic (exact) mass is 250 g/mol. The van der Waals surface area contributed by atoms with E-state index in [9.17, 15) is 18.0 Å². The maximum atomic E-state index is 12.2. The van der Waals surface area contributed by atoms with Gasteiger partial charge in [-0.05, 0) is 12.1 Å². The molecule has 4 nitrogen and oxygen atoms in total. The van der Waals surface area contributed by atoms with Gasteiger partial charge in [0, 0.05) is 0 Å². The van der Waals surface area contributed by atoms with Crippen LogP contribution in [0.15, 0.2) is 18.2 Å². The molecule has 0 spiro atoms. The zero-order chi connectivity index (χ0) is 13.1. The molecule has 0 saturated carbocycles. The molecular formula is C10H9F3O4. The second-order valence-corrected chi connectivity index (χ2v) is 2.88. The third kappa shape index (κ3) is 3.27. The highest BCUT2D eigenvalue weighted by molar-refractivity contribution is 5.93. The van der Waals surface area contributed by atoms with Crippen molar-refractivity contribution < 1.29 is 32.2 Å². The van der Waals surface area contributed by atoms with Gasteiger partial charge < -0.3 is 14.2 Å². The molecule has 0 aliphatic rings. The molecular weight excluding hydrogens is 241 g/mol. The highest BCUT2D eigenvalue weighted by Gasteiger charge is 2.34. The summed E-state index contributed by atoms with van der Waals surface area (Å²) in [6, 6.07) is 3.75. The molecule has 1 aromatic carbocycles. The van der Waals surface area contributed by atoms with Crippen LogP contribution in [-0.2, 0) is 4.74 Å². The van der Waals surface area contributed by atoms with Crippen LogP contribution in [0.4, 0.5) is 13.2 Å². The van der Waals surface area contributed by atoms with Gasteiger partial charge in [-0.1, -0.05) is 6.07 Å². The van der Waals surface area contributed by atoms with Gasteiger partial charge in [0.25, 0.3) is 0 Å². The molecule has 0 aliphatic heterocycles. The second-order valence-electron chi connectivity index (χ2n) is 2.88. The molecule has 0 fully saturated rings. The molecule has 0 atom stereocenters. The lowest BCUT2D eigenvalue weighted by molar-refractivity contribution is -0.275. The minimum Gasteiger partial charge on any atom is -0.493 e. The van der Waals surface area contributed by atoms with E-state index in [-0.39, 0.29) is 11.3 Å². The maximum absolute atomic E-state index is 12.2. The lowest BCUT2D eigenvalue weighted by Gasteiger charge is -2.14. The first-order chi connectivity index (χ1) is 7.89. The largest absolute Gasteiger partial charge is 0.573 e.